The molecule has 0 bridgehead atoms. The van der Waals surface area contributed by atoms with Gasteiger partial charge in [0.1, 0.15) is 11.5 Å². The standard InChI is InChI=1S/C42H39N5O6/c1-25-15-34-36(44-21-31-17-29(24-46(31)41(34)48)27-7-11-33(50-2)12-8-27)19-38(25)52-13-4-14-53-40-20-37-35(18-39(40)51-3)42(49)47-23-28(16-32(47)22-45-37)26-5-9-30(43)10-6-26/h5-12,15,18-24,31-32H,4,13-14,16-17,43H2,1-3H3/t31?,32-/m1/s1. The van der Waals surface area contributed by atoms with Gasteiger partial charge in [-0.05, 0) is 71.2 Å². The minimum absolute atomic E-state index is 0.0884. The van der Waals surface area contributed by atoms with Crippen molar-refractivity contribution in [1.29, 1.82) is 0 Å². The average molecular weight is 710 g/mol. The first kappa shape index (κ1) is 33.8. The fraction of sp³-hybridized carbons (Fsp3) is 0.238. The number of nitrogens with two attached hydrogens (primary N) is 1. The van der Waals surface area contributed by atoms with Gasteiger partial charge < -0.3 is 34.5 Å². The Morgan fingerprint density at radius 1 is 0.679 bits per heavy atom. The summed E-state index contributed by atoms with van der Waals surface area (Å²) in [6, 6.07) is 22.3. The Morgan fingerprint density at radius 3 is 1.77 bits per heavy atom. The second kappa shape index (κ2) is 14.0. The van der Waals surface area contributed by atoms with Crippen molar-refractivity contribution in [3.8, 4) is 23.0 Å². The van der Waals surface area contributed by atoms with Crippen LogP contribution in [0.1, 0.15) is 56.7 Å². The molecule has 4 aliphatic rings. The molecule has 11 nitrogen and oxygen atoms in total. The van der Waals surface area contributed by atoms with Gasteiger partial charge in [0.05, 0.1) is 62.0 Å². The van der Waals surface area contributed by atoms with Crippen LogP contribution in [0.25, 0.3) is 11.1 Å². The monoisotopic (exact) mass is 709 g/mol. The lowest BCUT2D eigenvalue weighted by Crippen LogP contribution is -2.32. The highest BCUT2D eigenvalue weighted by Crippen LogP contribution is 2.41. The van der Waals surface area contributed by atoms with E-state index in [1.165, 1.54) is 0 Å². The first-order chi connectivity index (χ1) is 25.8. The fourth-order valence-electron chi connectivity index (χ4n) is 7.08. The third-order valence-corrected chi connectivity index (χ3v) is 9.99. The molecule has 4 aliphatic heterocycles. The molecule has 8 rings (SSSR count). The van der Waals surface area contributed by atoms with Crippen LogP contribution >= 0.6 is 0 Å². The molecule has 4 aromatic rings. The van der Waals surface area contributed by atoms with E-state index < -0.39 is 0 Å². The van der Waals surface area contributed by atoms with Crippen LogP contribution in [0.4, 0.5) is 17.1 Å². The maximum Gasteiger partial charge on any atom is 0.260 e. The Kier molecular flexibility index (Phi) is 8.91. The second-order valence-electron chi connectivity index (χ2n) is 13.4. The van der Waals surface area contributed by atoms with E-state index in [0.717, 1.165) is 33.6 Å². The molecule has 0 fully saturated rings. The third kappa shape index (κ3) is 6.50. The quantitative estimate of drug-likeness (QED) is 0.134. The van der Waals surface area contributed by atoms with E-state index in [2.05, 4.69) is 0 Å². The zero-order valence-corrected chi connectivity index (χ0v) is 29.7. The van der Waals surface area contributed by atoms with E-state index in [4.69, 9.17) is 34.7 Å². The van der Waals surface area contributed by atoms with Gasteiger partial charge in [0.15, 0.2) is 11.5 Å². The molecule has 0 saturated carbocycles. The summed E-state index contributed by atoms with van der Waals surface area (Å²) < 4.78 is 23.2. The summed E-state index contributed by atoms with van der Waals surface area (Å²) in [6.45, 7) is 2.65. The summed E-state index contributed by atoms with van der Waals surface area (Å²) in [5.74, 6) is 2.16. The fourth-order valence-corrected chi connectivity index (χ4v) is 7.08. The zero-order valence-electron chi connectivity index (χ0n) is 29.7. The van der Waals surface area contributed by atoms with Crippen molar-refractivity contribution in [3.05, 3.63) is 113 Å². The molecule has 2 amide bonds. The number of fused-ring (bicyclic) bond motifs is 4. The number of methoxy groups -OCH3 is 2. The first-order valence-electron chi connectivity index (χ1n) is 17.6. The average Bonchev–Trinajstić information content (AvgIpc) is 3.76. The lowest BCUT2D eigenvalue weighted by atomic mass is 10.0. The number of nitrogens with zero attached hydrogens (tertiary/aromatic N) is 4. The van der Waals surface area contributed by atoms with E-state index in [0.29, 0.717) is 77.9 Å². The number of hydrogen-bond acceptors (Lipinski definition) is 9. The molecule has 4 aromatic carbocycles. The summed E-state index contributed by atoms with van der Waals surface area (Å²) in [7, 11) is 3.19. The van der Waals surface area contributed by atoms with Crippen molar-refractivity contribution < 1.29 is 28.5 Å². The predicted octanol–water partition coefficient (Wildman–Crippen LogP) is 7.39. The topological polar surface area (TPSA) is 128 Å². The number of benzene rings is 4. The van der Waals surface area contributed by atoms with Crippen LogP contribution < -0.4 is 24.7 Å². The number of aryl methyl sites for hydroxylation is 1. The Hall–Kier alpha value is -6.36. The van der Waals surface area contributed by atoms with Gasteiger partial charge in [-0.15, -0.1) is 0 Å². The summed E-state index contributed by atoms with van der Waals surface area (Å²) >= 11 is 0. The van der Waals surface area contributed by atoms with E-state index in [-0.39, 0.29) is 23.9 Å². The molecule has 2 atom stereocenters. The van der Waals surface area contributed by atoms with Crippen molar-refractivity contribution in [2.45, 2.75) is 38.3 Å². The van der Waals surface area contributed by atoms with Crippen LogP contribution in [0, 0.1) is 6.92 Å². The highest BCUT2D eigenvalue weighted by Gasteiger charge is 2.35. The van der Waals surface area contributed by atoms with Gasteiger partial charge in [-0.1, -0.05) is 24.3 Å². The minimum atomic E-state index is -0.192. The zero-order chi connectivity index (χ0) is 36.6. The lowest BCUT2D eigenvalue weighted by Gasteiger charge is -2.19. The van der Waals surface area contributed by atoms with Crippen molar-refractivity contribution in [2.75, 3.05) is 33.2 Å². The molecule has 0 aliphatic carbocycles. The smallest absolute Gasteiger partial charge is 0.260 e. The number of carbonyl (C=O) groups is 2. The summed E-state index contributed by atoms with van der Waals surface area (Å²) in [5, 5.41) is 0. The number of hydrogen-bond donors (Lipinski definition) is 1. The predicted molar refractivity (Wildman–Crippen MR) is 205 cm³/mol. The Labute approximate surface area is 307 Å². The largest absolute Gasteiger partial charge is 0.497 e. The van der Waals surface area contributed by atoms with Gasteiger partial charge in [0, 0.05) is 61.9 Å². The van der Waals surface area contributed by atoms with Crippen LogP contribution in [-0.2, 0) is 0 Å². The summed E-state index contributed by atoms with van der Waals surface area (Å²) in [5.41, 5.74) is 13.7. The Morgan fingerprint density at radius 2 is 1.21 bits per heavy atom. The molecule has 11 heteroatoms. The number of carbonyl (C=O) groups excluding carboxylic acids is 2. The summed E-state index contributed by atoms with van der Waals surface area (Å²) in [4.78, 5) is 40.3. The van der Waals surface area contributed by atoms with Gasteiger partial charge in [-0.3, -0.25) is 19.6 Å². The molecule has 268 valence electrons. The number of nitrogen functional groups attached to an aromatic ring is 1. The highest BCUT2D eigenvalue weighted by molar-refractivity contribution is 6.06. The van der Waals surface area contributed by atoms with Gasteiger partial charge in [-0.25, -0.2) is 0 Å². The molecule has 1 unspecified atom stereocenters. The van der Waals surface area contributed by atoms with Crippen LogP contribution in [0.5, 0.6) is 23.0 Å². The normalized spacial score (nSPS) is 18.3. The van der Waals surface area contributed by atoms with Crippen molar-refractivity contribution in [1.82, 2.24) is 9.80 Å². The van der Waals surface area contributed by atoms with Crippen LogP contribution in [0.15, 0.2) is 95.2 Å². The first-order valence-corrected chi connectivity index (χ1v) is 17.6. The van der Waals surface area contributed by atoms with Gasteiger partial charge in [-0.2, -0.15) is 0 Å². The molecule has 0 spiro atoms. The number of aliphatic imine (C=N–C) groups is 2. The van der Waals surface area contributed by atoms with Gasteiger partial charge in [0.25, 0.3) is 11.8 Å². The lowest BCUT2D eigenvalue weighted by molar-refractivity contribution is 0.0809. The molecular formula is C42H39N5O6. The maximum absolute atomic E-state index is 13.7. The molecule has 0 aromatic heterocycles. The second-order valence-corrected chi connectivity index (χ2v) is 13.4. The molecule has 0 saturated heterocycles. The third-order valence-electron chi connectivity index (χ3n) is 9.99. The number of rotatable bonds is 10. The Bertz CT molecular complexity index is 2220. The number of ether oxygens (including phenoxy) is 4. The van der Waals surface area contributed by atoms with Gasteiger partial charge in [0.2, 0.25) is 0 Å². The van der Waals surface area contributed by atoms with E-state index >= 15 is 0 Å². The van der Waals surface area contributed by atoms with E-state index in [1.807, 2.05) is 92.4 Å². The SMILES string of the molecule is COc1ccc(C2=CN3C(=O)c4cc(C)c(OCCCOc5cc6c(cc5OC)C(=O)N5C=C(c7ccc(N)cc7)C[C@@H]5C=N6)cc4N=CC3C2)cc1. The van der Waals surface area contributed by atoms with Crippen LogP contribution in [0.2, 0.25) is 0 Å². The molecule has 0 radical (unpaired) electrons. The van der Waals surface area contributed by atoms with Crippen LogP contribution in [-0.4, -0.2) is 73.6 Å². The molecular weight excluding hydrogens is 670 g/mol. The molecule has 2 N–H and O–H groups in total. The van der Waals surface area contributed by atoms with E-state index in [1.54, 1.807) is 36.2 Å². The van der Waals surface area contributed by atoms with Crippen molar-refractivity contribution in [3.63, 3.8) is 0 Å². The maximum atomic E-state index is 13.7. The van der Waals surface area contributed by atoms with Crippen molar-refractivity contribution >= 4 is 52.5 Å². The van der Waals surface area contributed by atoms with Gasteiger partial charge >= 0.3 is 0 Å². The van der Waals surface area contributed by atoms with Crippen molar-refractivity contribution in [2.24, 2.45) is 9.98 Å². The highest BCUT2D eigenvalue weighted by atomic mass is 16.5. The van der Waals surface area contributed by atoms with Crippen LogP contribution in [0.3, 0.4) is 0 Å². The molecule has 4 heterocycles. The molecule has 53 heavy (non-hydrogen) atoms. The van der Waals surface area contributed by atoms with E-state index in [9.17, 15) is 9.59 Å². The summed E-state index contributed by atoms with van der Waals surface area (Å²) in [6.07, 6.45) is 9.39. The minimum Gasteiger partial charge on any atom is -0.497 e. The Balaban J connectivity index is 0.896. The number of amides is 2. The number of anilines is 1.